The van der Waals surface area contributed by atoms with E-state index >= 15 is 0 Å². The van der Waals surface area contributed by atoms with Crippen LogP contribution >= 0.6 is 0 Å². The van der Waals surface area contributed by atoms with Gasteiger partial charge in [0.15, 0.2) is 0 Å². The Morgan fingerprint density at radius 1 is 1.33 bits per heavy atom. The minimum Gasteiger partial charge on any atom is -0.197 e. The molecule has 1 heterocycles. The molecule has 1 aromatic rings. The van der Waals surface area contributed by atoms with Crippen LogP contribution in [0.2, 0.25) is 0 Å². The van der Waals surface area contributed by atoms with E-state index in [-0.39, 0.29) is 35.6 Å². The van der Waals surface area contributed by atoms with Gasteiger partial charge >= 0.3 is 5.82 Å². The summed E-state index contributed by atoms with van der Waals surface area (Å²) in [6.07, 6.45) is 0. The largest absolute Gasteiger partial charge is 0.597 e. The van der Waals surface area contributed by atoms with Gasteiger partial charge in [0.2, 0.25) is 0 Å². The van der Waals surface area contributed by atoms with Gasteiger partial charge in [-0.25, -0.2) is 0 Å². The van der Waals surface area contributed by atoms with Crippen molar-refractivity contribution < 1.29 is 49.5 Å². The van der Waals surface area contributed by atoms with E-state index in [0.29, 0.717) is 0 Å². The molecular weight excluding hydrogens is 215 g/mol. The van der Waals surface area contributed by atoms with Crippen LogP contribution < -0.4 is 5.82 Å². The van der Waals surface area contributed by atoms with E-state index in [1.54, 1.807) is 0 Å². The molecular formula is CLaO4. The van der Waals surface area contributed by atoms with Crippen LogP contribution in [0, 0.1) is 35.6 Å². The number of rotatable bonds is 0. The Kier molecular flexibility index (Phi) is 2.55. The van der Waals surface area contributed by atoms with Crippen molar-refractivity contribution in [2.24, 2.45) is 0 Å². The summed E-state index contributed by atoms with van der Waals surface area (Å²) in [5.74, 6) is -0.787. The summed E-state index contributed by atoms with van der Waals surface area (Å²) in [6, 6.07) is 0. The van der Waals surface area contributed by atoms with Crippen molar-refractivity contribution in [3.8, 4) is 0 Å². The second-order valence-corrected chi connectivity index (χ2v) is 0.485. The van der Waals surface area contributed by atoms with Gasteiger partial charge in [-0.15, -0.1) is 0 Å². The molecule has 0 fully saturated rings. The molecule has 0 aliphatic carbocycles. The van der Waals surface area contributed by atoms with Gasteiger partial charge in [-0.3, -0.25) is 0 Å². The molecule has 0 atom stereocenters. The molecule has 4 nitrogen and oxygen atoms in total. The molecule has 0 spiro atoms. The van der Waals surface area contributed by atoms with Gasteiger partial charge in [-0.2, -0.15) is 13.9 Å². The van der Waals surface area contributed by atoms with Crippen molar-refractivity contribution in [3.05, 3.63) is 10.6 Å². The molecule has 1 radical (unpaired) electrons. The van der Waals surface area contributed by atoms with Gasteiger partial charge in [0, 0.05) is 35.6 Å². The predicted octanol–water partition coefficient (Wildman–Crippen LogP) is -0.174. The maximum atomic E-state index is 9.33. The first-order valence-corrected chi connectivity index (χ1v) is 0.946. The molecule has 6 heavy (non-hydrogen) atoms. The van der Waals surface area contributed by atoms with E-state index in [4.69, 9.17) is 0 Å². The molecule has 5 heteroatoms. The van der Waals surface area contributed by atoms with Crippen molar-refractivity contribution in [3.63, 3.8) is 0 Å². The minimum atomic E-state index is -0.787. The van der Waals surface area contributed by atoms with Crippen LogP contribution in [0.15, 0.2) is 18.7 Å². The third kappa shape index (κ3) is 1.16. The minimum absolute atomic E-state index is 0. The van der Waals surface area contributed by atoms with E-state index in [2.05, 4.69) is 13.9 Å². The molecule has 0 unspecified atom stereocenters. The SMILES string of the molecule is O=c1ooo1.[La]. The Balaban J connectivity index is 0.000000250. The van der Waals surface area contributed by atoms with Crippen molar-refractivity contribution in [2.45, 2.75) is 0 Å². The van der Waals surface area contributed by atoms with Gasteiger partial charge < -0.3 is 0 Å². The fraction of sp³-hybridized carbons (Fsp3) is 0. The zero-order valence-electron chi connectivity index (χ0n) is 2.71. The Labute approximate surface area is 59.9 Å². The van der Waals surface area contributed by atoms with Crippen LogP contribution in [0.3, 0.4) is 0 Å². The first kappa shape index (κ1) is 6.26. The summed E-state index contributed by atoms with van der Waals surface area (Å²) >= 11 is 0. The quantitative estimate of drug-likeness (QED) is 0.563. The monoisotopic (exact) mass is 215 g/mol. The Hall–Kier alpha value is 0.265. The van der Waals surface area contributed by atoms with Crippen LogP contribution in [0.1, 0.15) is 0 Å². The van der Waals surface area contributed by atoms with Gasteiger partial charge in [-0.1, -0.05) is 4.74 Å². The van der Waals surface area contributed by atoms with Gasteiger partial charge in [-0.05, 0) is 0 Å². The van der Waals surface area contributed by atoms with Crippen LogP contribution in [-0.4, -0.2) is 0 Å². The number of hydrogen-bond acceptors (Lipinski definition) is 4. The van der Waals surface area contributed by atoms with E-state index in [9.17, 15) is 4.79 Å². The van der Waals surface area contributed by atoms with Crippen LogP contribution in [-0.2, 0) is 0 Å². The zero-order valence-corrected chi connectivity index (χ0v) is 6.34. The molecule has 0 amide bonds. The van der Waals surface area contributed by atoms with Crippen LogP contribution in [0.5, 0.6) is 0 Å². The molecule has 0 aliphatic heterocycles. The van der Waals surface area contributed by atoms with E-state index < -0.39 is 5.82 Å². The maximum Gasteiger partial charge on any atom is 0.597 e. The van der Waals surface area contributed by atoms with Crippen molar-refractivity contribution in [2.75, 3.05) is 0 Å². The predicted molar refractivity (Wildman–Crippen MR) is 9.51 cm³/mol. The standard InChI is InChI=1S/CO4.La/c2-1-3-5-4-1;. The smallest absolute Gasteiger partial charge is 0.197 e. The zero-order chi connectivity index (χ0) is 3.70. The molecule has 0 saturated carbocycles. The Bertz CT molecular complexity index is 122. The van der Waals surface area contributed by atoms with Gasteiger partial charge in [0.05, 0.1) is 0 Å². The van der Waals surface area contributed by atoms with E-state index in [0.717, 1.165) is 0 Å². The molecule has 0 bridgehead atoms. The fourth-order valence-corrected chi connectivity index (χ4v) is 0.0618. The summed E-state index contributed by atoms with van der Waals surface area (Å²) in [5.41, 5.74) is 0. The van der Waals surface area contributed by atoms with E-state index in [1.165, 1.54) is 0 Å². The third-order valence-electron chi connectivity index (χ3n) is 0.204. The van der Waals surface area contributed by atoms with Crippen LogP contribution in [0.25, 0.3) is 0 Å². The van der Waals surface area contributed by atoms with Crippen LogP contribution in [0.4, 0.5) is 0 Å². The first-order valence-electron chi connectivity index (χ1n) is 0.946. The molecule has 31 valence electrons. The van der Waals surface area contributed by atoms with Crippen molar-refractivity contribution in [1.29, 1.82) is 0 Å². The van der Waals surface area contributed by atoms with Crippen molar-refractivity contribution in [1.82, 2.24) is 0 Å². The topological polar surface area (TPSA) is 56.5 Å². The summed E-state index contributed by atoms with van der Waals surface area (Å²) < 4.78 is 10.6. The second kappa shape index (κ2) is 2.44. The normalized spacial score (nSPS) is 7.33. The maximum absolute atomic E-state index is 9.33. The molecule has 0 saturated heterocycles. The summed E-state index contributed by atoms with van der Waals surface area (Å²) in [6.45, 7) is 0. The third-order valence-corrected chi connectivity index (χ3v) is 0.204. The Morgan fingerprint density at radius 2 is 1.67 bits per heavy atom. The van der Waals surface area contributed by atoms with Crippen molar-refractivity contribution >= 4 is 0 Å². The molecule has 0 aliphatic rings. The number of hydrogen-bond donors (Lipinski definition) is 0. The molecule has 0 N–H and O–H groups in total. The second-order valence-electron chi connectivity index (χ2n) is 0.485. The average molecular weight is 215 g/mol. The average Bonchev–Trinajstić information content (AvgIpc) is 1.30. The molecule has 1 rings (SSSR count). The van der Waals surface area contributed by atoms with Gasteiger partial charge in [0.25, 0.3) is 0 Å². The molecule has 1 aromatic heterocycles. The summed E-state index contributed by atoms with van der Waals surface area (Å²) in [7, 11) is 0. The summed E-state index contributed by atoms with van der Waals surface area (Å²) in [5, 5.41) is 0. The van der Waals surface area contributed by atoms with E-state index in [1.807, 2.05) is 0 Å². The Morgan fingerprint density at radius 3 is 1.67 bits per heavy atom. The van der Waals surface area contributed by atoms with Gasteiger partial charge in [0.1, 0.15) is 0 Å². The first-order chi connectivity index (χ1) is 2.39. The fourth-order valence-electron chi connectivity index (χ4n) is 0.0618. The molecule has 0 aromatic carbocycles. The summed E-state index contributed by atoms with van der Waals surface area (Å²) in [4.78, 5) is 9.33.